The Hall–Kier alpha value is -12.3. The molecule has 0 fully saturated rings. The molecule has 0 atom stereocenters. The van der Waals surface area contributed by atoms with Gasteiger partial charge in [-0.2, -0.15) is 34.0 Å². The van der Waals surface area contributed by atoms with Crippen molar-refractivity contribution in [3.05, 3.63) is 301 Å². The Balaban J connectivity index is 0.000000139. The van der Waals surface area contributed by atoms with Crippen molar-refractivity contribution < 1.29 is 83.2 Å². The van der Waals surface area contributed by atoms with E-state index in [-0.39, 0.29) is 20.3 Å². The fraction of sp³-hybridized carbons (Fsp3) is 0.118. The molecule has 0 aliphatic rings. The number of aromatic nitrogens is 8. The van der Waals surface area contributed by atoms with Crippen LogP contribution < -0.4 is 48.8 Å². The van der Waals surface area contributed by atoms with Crippen molar-refractivity contribution in [1.82, 2.24) is 36.8 Å². The van der Waals surface area contributed by atoms with Crippen molar-refractivity contribution in [2.45, 2.75) is 35.5 Å². The average Bonchev–Trinajstić information content (AvgIpc) is 1.67. The van der Waals surface area contributed by atoms with Crippen LogP contribution in [0.25, 0.3) is 99.8 Å². The number of H-pyrrole nitrogens is 1. The van der Waals surface area contributed by atoms with Crippen LogP contribution in [-0.4, -0.2) is 153 Å². The zero-order valence-electron chi connectivity index (χ0n) is 71.4. The Bertz CT molecular complexity index is 7380. The lowest BCUT2D eigenvalue weighted by molar-refractivity contribution is 0.390. The predicted octanol–water partition coefficient (Wildman–Crippen LogP) is 18.7. The maximum atomic E-state index is 13.7. The number of thiophene rings is 3. The number of halogens is 3. The lowest BCUT2D eigenvalue weighted by atomic mass is 9.79. The maximum absolute atomic E-state index is 13.7. The van der Waals surface area contributed by atoms with Gasteiger partial charge in [0.05, 0.1) is 87.0 Å². The van der Waals surface area contributed by atoms with Crippen LogP contribution in [-0.2, 0) is 30.1 Å². The van der Waals surface area contributed by atoms with Crippen LogP contribution in [0.1, 0.15) is 16.7 Å². The summed E-state index contributed by atoms with van der Waals surface area (Å²) >= 11 is 20.6. The van der Waals surface area contributed by atoms with E-state index in [1.165, 1.54) is 59.9 Å². The summed E-state index contributed by atoms with van der Waals surface area (Å²) < 4.78 is 126. The molecule has 130 heavy (non-hydrogen) atoms. The van der Waals surface area contributed by atoms with E-state index >= 15 is 0 Å². The molecule has 11 heterocycles. The van der Waals surface area contributed by atoms with Gasteiger partial charge in [-0.25, -0.2) is 57.1 Å². The monoisotopic (exact) mass is 1960 g/mol. The SMILES string of the molecule is COc1ccc(-c2c[nH]c3nccc(-c4ccsc4)c23)c(OC)c1.COc1ccc(-c2cn(S(=O)(=O)c3ccc(C)cc3)c3nccc(-c4ccsc4)c23)c(OC)c1.COc1ccc(-c2cn(S(=O)(=O)c3ccc(C)cc3)c3nccc(Cl)c23)c(OC)c1.COc1ccc(B(O)O)c(OC)c1.Cc1ccc(S(=O)(=O)n2cc(Br)c3c(Cl)ccnc32)cc1.OB(O)c1ccsc1. The van der Waals surface area contributed by atoms with Gasteiger partial charge in [0.15, 0.2) is 16.9 Å². The molecule has 0 amide bonds. The molecule has 37 heteroatoms. The molecule has 0 aliphatic carbocycles. The van der Waals surface area contributed by atoms with Crippen molar-refractivity contribution >= 4 is 173 Å². The van der Waals surface area contributed by atoms with Crippen LogP contribution in [0.2, 0.25) is 10.0 Å². The van der Waals surface area contributed by atoms with Gasteiger partial charge in [0.1, 0.15) is 51.6 Å². The molecule has 0 spiro atoms. The third-order valence-electron chi connectivity index (χ3n) is 20.4. The van der Waals surface area contributed by atoms with Crippen LogP contribution in [0.4, 0.5) is 0 Å². The second kappa shape index (κ2) is 42.1. The number of hydrogen-bond acceptors (Lipinski definition) is 25. The molecule has 11 aromatic heterocycles. The quantitative estimate of drug-likeness (QED) is 0.0417. The van der Waals surface area contributed by atoms with E-state index in [0.29, 0.717) is 98.7 Å². The van der Waals surface area contributed by atoms with Gasteiger partial charge in [-0.1, -0.05) is 88.4 Å². The van der Waals surface area contributed by atoms with Gasteiger partial charge in [-0.15, -0.1) is 0 Å². The number of fused-ring (bicyclic) bond motifs is 4. The molecule has 666 valence electrons. The van der Waals surface area contributed by atoms with Gasteiger partial charge in [-0.3, -0.25) is 0 Å². The summed E-state index contributed by atoms with van der Waals surface area (Å²) in [4.78, 5) is 21.3. The highest BCUT2D eigenvalue weighted by atomic mass is 79.9. The number of aromatic amines is 1. The van der Waals surface area contributed by atoms with Gasteiger partial charge in [0.2, 0.25) is 0 Å². The number of nitrogens with zero attached hydrogens (tertiary/aromatic N) is 7. The molecule has 0 unspecified atom stereocenters. The first-order chi connectivity index (χ1) is 62.5. The molecule has 18 aromatic rings. The van der Waals surface area contributed by atoms with Crippen molar-refractivity contribution in [3.8, 4) is 102 Å². The Morgan fingerprint density at radius 2 is 0.723 bits per heavy atom. The van der Waals surface area contributed by atoms with Crippen LogP contribution in [0.15, 0.2) is 289 Å². The predicted molar refractivity (Wildman–Crippen MR) is 520 cm³/mol. The first-order valence-electron chi connectivity index (χ1n) is 39.1. The molecule has 7 aromatic carbocycles. The number of ether oxygens (including phenoxy) is 8. The smallest absolute Gasteiger partial charge is 0.492 e. The topological polar surface area (TPSA) is 339 Å². The van der Waals surface area contributed by atoms with Crippen LogP contribution in [0.5, 0.6) is 46.0 Å². The molecule has 0 saturated heterocycles. The minimum atomic E-state index is -3.90. The molecule has 0 aliphatic heterocycles. The second-order valence-corrected chi connectivity index (χ2v) is 37.8. The molecule has 0 bridgehead atoms. The molecular formula is C93H83B2BrCl2N8O18S6. The Morgan fingerprint density at radius 1 is 0.362 bits per heavy atom. The van der Waals surface area contributed by atoms with Crippen LogP contribution >= 0.6 is 73.1 Å². The Morgan fingerprint density at radius 3 is 1.12 bits per heavy atom. The summed E-state index contributed by atoms with van der Waals surface area (Å²) in [5.74, 6) is 4.92. The minimum Gasteiger partial charge on any atom is -0.497 e. The summed E-state index contributed by atoms with van der Waals surface area (Å²) in [6, 6.07) is 54.6. The third kappa shape index (κ3) is 20.6. The summed E-state index contributed by atoms with van der Waals surface area (Å²) in [7, 11) is -1.74. The highest BCUT2D eigenvalue weighted by Crippen LogP contribution is 2.47. The van der Waals surface area contributed by atoms with E-state index in [1.54, 1.807) is 222 Å². The van der Waals surface area contributed by atoms with Crippen LogP contribution in [0.3, 0.4) is 0 Å². The van der Waals surface area contributed by atoms with E-state index < -0.39 is 44.3 Å². The first kappa shape index (κ1) is 95.3. The highest BCUT2D eigenvalue weighted by Gasteiger charge is 2.30. The van der Waals surface area contributed by atoms with Crippen molar-refractivity contribution in [1.29, 1.82) is 0 Å². The molecule has 0 radical (unpaired) electrons. The van der Waals surface area contributed by atoms with Crippen molar-refractivity contribution in [2.75, 3.05) is 56.9 Å². The fourth-order valence-electron chi connectivity index (χ4n) is 13.8. The summed E-state index contributed by atoms with van der Waals surface area (Å²) in [6.07, 6.45) is 13.1. The number of benzene rings is 7. The largest absolute Gasteiger partial charge is 0.497 e. The maximum Gasteiger partial charge on any atom is 0.492 e. The third-order valence-corrected chi connectivity index (χ3v) is 28.7. The molecule has 0 saturated carbocycles. The van der Waals surface area contributed by atoms with Gasteiger partial charge in [0, 0.05) is 133 Å². The summed E-state index contributed by atoms with van der Waals surface area (Å²) in [6.45, 7) is 5.72. The van der Waals surface area contributed by atoms with Crippen molar-refractivity contribution in [3.63, 3.8) is 0 Å². The summed E-state index contributed by atoms with van der Waals surface area (Å²) in [5.41, 5.74) is 14.7. The standard InChI is InChI=1S/C26H22N2O4S2.C22H19ClN2O4S.C19H16N2O2S.C14H10BrClN2O2S.C8H11BO4.C4H5BO2S/c1-17-4-7-20(8-5-17)34(29,30)28-15-23(22-9-6-19(31-2)14-24(22)32-3)25-21(10-12-27-26(25)28)18-11-13-33-16-18;1-14-4-7-16(8-5-14)30(26,27)25-13-18(21-19(23)10-11-24-22(21)25)17-9-6-15(28-2)12-20(17)29-3;1-22-13-3-4-15(17(9-13)23-2)16-10-21-19-18(16)14(5-7-20-19)12-6-8-24-11-12;1-9-2-4-10(5-3-9)21(19,20)18-8-11(15)13-12(16)6-7-17-14(13)18;1-12-6-3-4-7(9(10)11)8(5-6)13-2;6-5(7)4-1-2-8-3-4/h4-16H,1-3H3;4-13H,1-3H3;3-11H,1-2H3,(H,20,21);2-8H,1H3;3-5,10-11H,1-2H3;1-3,6-7H. The Labute approximate surface area is 781 Å². The molecule has 5 N–H and O–H groups in total. The van der Waals surface area contributed by atoms with Gasteiger partial charge in [0.25, 0.3) is 30.1 Å². The molecular weight excluding hydrogens is 1880 g/mol. The number of pyridine rings is 4. The number of nitrogens with one attached hydrogen (secondary N) is 1. The molecule has 26 nitrogen and oxygen atoms in total. The van der Waals surface area contributed by atoms with E-state index in [9.17, 15) is 25.3 Å². The van der Waals surface area contributed by atoms with E-state index in [4.69, 9.17) is 81.2 Å². The van der Waals surface area contributed by atoms with Crippen LogP contribution in [0, 0.1) is 20.8 Å². The highest BCUT2D eigenvalue weighted by molar-refractivity contribution is 9.10. The second-order valence-electron chi connectivity index (χ2n) is 28.4. The fourth-order valence-corrected chi connectivity index (χ4v) is 21.1. The zero-order chi connectivity index (χ0) is 92.9. The van der Waals surface area contributed by atoms with Gasteiger partial charge >= 0.3 is 14.2 Å². The first-order valence-corrected chi connectivity index (χ1v) is 47.8. The number of rotatable bonds is 21. The van der Waals surface area contributed by atoms with Gasteiger partial charge in [-0.05, 0) is 212 Å². The number of methoxy groups -OCH3 is 8. The number of hydrogen-bond donors (Lipinski definition) is 5. The lowest BCUT2D eigenvalue weighted by Crippen LogP contribution is -2.31. The normalized spacial score (nSPS) is 11.2. The average molecular weight is 1970 g/mol. The van der Waals surface area contributed by atoms with E-state index in [1.807, 2.05) is 86.4 Å². The molecule has 18 rings (SSSR count). The summed E-state index contributed by atoms with van der Waals surface area (Å²) in [5, 5.41) is 50.4. The van der Waals surface area contributed by atoms with Gasteiger partial charge < -0.3 is 63.0 Å². The van der Waals surface area contributed by atoms with Crippen molar-refractivity contribution in [2.24, 2.45) is 0 Å². The Kier molecular flexibility index (Phi) is 30.8. The minimum absolute atomic E-state index is 0.167. The number of aryl methyl sites for hydroxylation is 3. The van der Waals surface area contributed by atoms with E-state index in [0.717, 1.165) is 85.9 Å². The van der Waals surface area contributed by atoms with E-state index in [2.05, 4.69) is 63.7 Å². The zero-order valence-corrected chi connectivity index (χ0v) is 79.4. The lowest BCUT2D eigenvalue weighted by Gasteiger charge is -2.11.